The number of nitrogens with zero attached hydrogens (tertiary/aromatic N) is 2. The lowest BCUT2D eigenvalue weighted by Gasteiger charge is -2.16. The van der Waals surface area contributed by atoms with E-state index in [1.165, 1.54) is 10.4 Å². The minimum absolute atomic E-state index is 0.0228. The van der Waals surface area contributed by atoms with E-state index in [4.69, 9.17) is 5.26 Å². The molecular weight excluding hydrogens is 344 g/mol. The Labute approximate surface area is 157 Å². The van der Waals surface area contributed by atoms with E-state index in [0.717, 1.165) is 36.0 Å². The van der Waals surface area contributed by atoms with Gasteiger partial charge in [0.1, 0.15) is 0 Å². The summed E-state index contributed by atoms with van der Waals surface area (Å²) in [5.41, 5.74) is 3.13. The van der Waals surface area contributed by atoms with E-state index < -0.39 is 10.0 Å². The van der Waals surface area contributed by atoms with Crippen molar-refractivity contribution in [3.05, 3.63) is 65.8 Å². The Hall–Kier alpha value is -2.16. The van der Waals surface area contributed by atoms with E-state index in [1.54, 1.807) is 12.1 Å². The zero-order valence-corrected chi connectivity index (χ0v) is 16.3. The van der Waals surface area contributed by atoms with Crippen LogP contribution in [-0.2, 0) is 10.0 Å². The molecule has 1 unspecified atom stereocenters. The molecule has 138 valence electrons. The molecule has 0 amide bonds. The third-order valence-electron chi connectivity index (χ3n) is 4.71. The van der Waals surface area contributed by atoms with Crippen molar-refractivity contribution in [3.63, 3.8) is 0 Å². The topological polar surface area (TPSA) is 61.2 Å². The average molecular weight is 371 g/mol. The molecule has 0 aliphatic carbocycles. The van der Waals surface area contributed by atoms with Gasteiger partial charge in [0.05, 0.1) is 11.0 Å². The minimum atomic E-state index is -3.54. The van der Waals surface area contributed by atoms with Crippen LogP contribution in [0.2, 0.25) is 0 Å². The molecule has 5 heteroatoms. The molecular formula is C21H26N2O2S. The summed E-state index contributed by atoms with van der Waals surface area (Å²) in [4.78, 5) is 0.315. The maximum Gasteiger partial charge on any atom is 0.243 e. The van der Waals surface area contributed by atoms with Crippen molar-refractivity contribution in [1.29, 1.82) is 5.26 Å². The van der Waals surface area contributed by atoms with E-state index in [0.29, 0.717) is 18.0 Å². The fraction of sp³-hybridized carbons (Fsp3) is 0.381. The number of rotatable bonds is 7. The zero-order chi connectivity index (χ0) is 19.2. The van der Waals surface area contributed by atoms with E-state index in [2.05, 4.69) is 13.5 Å². The summed E-state index contributed by atoms with van der Waals surface area (Å²) in [6.45, 7) is 8.68. The Balaban J connectivity index is 2.38. The van der Waals surface area contributed by atoms with Gasteiger partial charge in [-0.25, -0.2) is 8.42 Å². The predicted octanol–water partition coefficient (Wildman–Crippen LogP) is 4.37. The number of benzene rings is 1. The third kappa shape index (κ3) is 4.51. The fourth-order valence-corrected chi connectivity index (χ4v) is 4.60. The summed E-state index contributed by atoms with van der Waals surface area (Å²) in [7, 11) is -3.54. The van der Waals surface area contributed by atoms with Gasteiger partial charge in [-0.1, -0.05) is 37.1 Å². The molecule has 2 rings (SSSR count). The first kappa shape index (κ1) is 20.2. The second-order valence-corrected chi connectivity index (χ2v) is 8.51. The van der Waals surface area contributed by atoms with Crippen molar-refractivity contribution in [1.82, 2.24) is 4.31 Å². The van der Waals surface area contributed by atoms with Gasteiger partial charge in [-0.05, 0) is 49.1 Å². The molecule has 0 aromatic heterocycles. The monoisotopic (exact) mass is 370 g/mol. The van der Waals surface area contributed by atoms with E-state index >= 15 is 0 Å². The quantitative estimate of drug-likeness (QED) is 0.529. The zero-order valence-electron chi connectivity index (χ0n) is 15.5. The van der Waals surface area contributed by atoms with Crippen LogP contribution in [0.4, 0.5) is 0 Å². The molecule has 4 nitrogen and oxygen atoms in total. The van der Waals surface area contributed by atoms with E-state index in [9.17, 15) is 8.42 Å². The molecule has 0 N–H and O–H groups in total. The summed E-state index contributed by atoms with van der Waals surface area (Å²) < 4.78 is 27.5. The predicted molar refractivity (Wildman–Crippen MR) is 105 cm³/mol. The van der Waals surface area contributed by atoms with Crippen LogP contribution in [0.25, 0.3) is 0 Å². The number of unbranched alkanes of at least 4 members (excludes halogenated alkanes) is 1. The second-order valence-electron chi connectivity index (χ2n) is 6.57. The van der Waals surface area contributed by atoms with Crippen LogP contribution in [-0.4, -0.2) is 25.8 Å². The number of allylic oxidation sites excluding steroid dienone is 3. The normalized spacial score (nSPS) is 20.3. The van der Waals surface area contributed by atoms with Crippen LogP contribution < -0.4 is 0 Å². The Morgan fingerprint density at radius 1 is 1.38 bits per heavy atom. The van der Waals surface area contributed by atoms with E-state index in [-0.39, 0.29) is 5.92 Å². The van der Waals surface area contributed by atoms with Crippen molar-refractivity contribution >= 4 is 10.0 Å². The van der Waals surface area contributed by atoms with Crippen LogP contribution in [0.5, 0.6) is 0 Å². The van der Waals surface area contributed by atoms with Crippen molar-refractivity contribution in [2.75, 3.05) is 13.1 Å². The molecule has 1 fully saturated rings. The summed E-state index contributed by atoms with van der Waals surface area (Å²) in [5.74, 6) is -0.0228. The first-order valence-electron chi connectivity index (χ1n) is 8.91. The summed E-state index contributed by atoms with van der Waals surface area (Å²) in [6.07, 6.45) is 7.99. The van der Waals surface area contributed by atoms with Crippen molar-refractivity contribution in [2.24, 2.45) is 5.92 Å². The van der Waals surface area contributed by atoms with E-state index in [1.807, 2.05) is 37.3 Å². The lowest BCUT2D eigenvalue weighted by molar-refractivity contribution is 0.471. The maximum atomic E-state index is 13.0. The van der Waals surface area contributed by atoms with Gasteiger partial charge in [-0.2, -0.15) is 9.57 Å². The van der Waals surface area contributed by atoms with Crippen LogP contribution in [0, 0.1) is 24.2 Å². The van der Waals surface area contributed by atoms with Gasteiger partial charge in [0.15, 0.2) is 0 Å². The van der Waals surface area contributed by atoms with Crippen LogP contribution in [0.3, 0.4) is 0 Å². The van der Waals surface area contributed by atoms with Crippen molar-refractivity contribution < 1.29 is 8.42 Å². The van der Waals surface area contributed by atoms with Crippen LogP contribution in [0.1, 0.15) is 31.7 Å². The molecule has 1 aromatic rings. The lowest BCUT2D eigenvalue weighted by atomic mass is 9.94. The van der Waals surface area contributed by atoms with Crippen molar-refractivity contribution in [3.8, 4) is 6.07 Å². The van der Waals surface area contributed by atoms with Gasteiger partial charge >= 0.3 is 0 Å². The average Bonchev–Trinajstić information content (AvgIpc) is 3.07. The maximum absolute atomic E-state index is 13.0. The molecule has 1 aliphatic heterocycles. The highest BCUT2D eigenvalue weighted by Gasteiger charge is 2.35. The van der Waals surface area contributed by atoms with Gasteiger partial charge < -0.3 is 0 Å². The fourth-order valence-electron chi connectivity index (χ4n) is 3.16. The molecule has 0 saturated carbocycles. The molecule has 1 aliphatic rings. The van der Waals surface area contributed by atoms with Crippen LogP contribution >= 0.6 is 0 Å². The minimum Gasteiger partial charge on any atom is -0.207 e. The van der Waals surface area contributed by atoms with Gasteiger partial charge in [0, 0.05) is 25.1 Å². The number of sulfonamides is 1. The molecule has 0 bridgehead atoms. The largest absolute Gasteiger partial charge is 0.243 e. The molecule has 1 aromatic carbocycles. The highest BCUT2D eigenvalue weighted by atomic mass is 32.2. The Kier molecular flexibility index (Phi) is 6.96. The number of hydrogen-bond acceptors (Lipinski definition) is 3. The molecule has 1 atom stereocenters. The molecule has 26 heavy (non-hydrogen) atoms. The van der Waals surface area contributed by atoms with Gasteiger partial charge in [-0.15, -0.1) is 6.58 Å². The van der Waals surface area contributed by atoms with Gasteiger partial charge in [0.2, 0.25) is 10.0 Å². The van der Waals surface area contributed by atoms with Gasteiger partial charge in [-0.3, -0.25) is 0 Å². The second kappa shape index (κ2) is 8.98. The molecule has 0 spiro atoms. The first-order chi connectivity index (χ1) is 12.4. The highest BCUT2D eigenvalue weighted by molar-refractivity contribution is 7.89. The van der Waals surface area contributed by atoms with Gasteiger partial charge in [0.25, 0.3) is 0 Å². The third-order valence-corrected chi connectivity index (χ3v) is 6.53. The summed E-state index contributed by atoms with van der Waals surface area (Å²) in [6, 6.07) is 8.97. The Bertz CT molecular complexity index is 843. The molecule has 1 heterocycles. The molecule has 0 radical (unpaired) electrons. The Morgan fingerprint density at radius 2 is 2.08 bits per heavy atom. The van der Waals surface area contributed by atoms with Crippen molar-refractivity contribution in [2.45, 2.75) is 38.0 Å². The first-order valence-corrected chi connectivity index (χ1v) is 10.4. The number of aryl methyl sites for hydroxylation is 1. The SMILES string of the molecule is C=CC1CN(S(=O)(=O)c2ccc(C)cc2)C/C1=C(\C=C\C#N)CCCC. The highest BCUT2D eigenvalue weighted by Crippen LogP contribution is 2.33. The molecule has 1 saturated heterocycles. The number of hydrogen-bond donors (Lipinski definition) is 0. The standard InChI is InChI=1S/C21H26N2O2S/c1-4-6-8-19(9-7-14-22)21-16-23(15-18(21)5-2)26(24,25)20-12-10-17(3)11-13-20/h5,7,9-13,18H,2,4,6,8,15-16H2,1,3H3/b9-7+,21-19+. The Morgan fingerprint density at radius 3 is 2.65 bits per heavy atom. The van der Waals surface area contributed by atoms with Crippen LogP contribution in [0.15, 0.2) is 65.1 Å². The summed E-state index contributed by atoms with van der Waals surface area (Å²) in [5, 5.41) is 8.87. The summed E-state index contributed by atoms with van der Waals surface area (Å²) >= 11 is 0. The smallest absolute Gasteiger partial charge is 0.207 e. The number of nitriles is 1. The lowest BCUT2D eigenvalue weighted by Crippen LogP contribution is -2.28.